The van der Waals surface area contributed by atoms with Crippen LogP contribution in [0.5, 0.6) is 0 Å². The van der Waals surface area contributed by atoms with E-state index in [1.807, 2.05) is 12.1 Å². The summed E-state index contributed by atoms with van der Waals surface area (Å²) >= 11 is 6.09. The topological polar surface area (TPSA) is 66.3 Å². The van der Waals surface area contributed by atoms with Gasteiger partial charge in [-0.3, -0.25) is 14.8 Å². The van der Waals surface area contributed by atoms with Crippen LogP contribution in [0, 0.1) is 0 Å². The van der Waals surface area contributed by atoms with Gasteiger partial charge in [-0.15, -0.1) is 0 Å². The highest BCUT2D eigenvalue weighted by atomic mass is 35.5. The van der Waals surface area contributed by atoms with Gasteiger partial charge in [0.05, 0.1) is 11.6 Å². The highest BCUT2D eigenvalue weighted by Gasteiger charge is 2.37. The first kappa shape index (κ1) is 14.9. The molecule has 3 rings (SSSR count). The van der Waals surface area contributed by atoms with E-state index in [1.54, 1.807) is 29.6 Å². The Labute approximate surface area is 133 Å². The molecule has 1 aliphatic rings. The van der Waals surface area contributed by atoms with Crippen molar-refractivity contribution in [3.63, 3.8) is 0 Å². The van der Waals surface area contributed by atoms with E-state index < -0.39 is 0 Å². The van der Waals surface area contributed by atoms with E-state index in [2.05, 4.69) is 9.97 Å². The molecule has 5 nitrogen and oxygen atoms in total. The molecule has 0 aliphatic carbocycles. The summed E-state index contributed by atoms with van der Waals surface area (Å²) in [4.78, 5) is 22.8. The van der Waals surface area contributed by atoms with Crippen molar-refractivity contribution in [2.45, 2.75) is 18.8 Å². The fraction of sp³-hybridized carbons (Fsp3) is 0.312. The number of aromatic nitrogens is 2. The van der Waals surface area contributed by atoms with E-state index in [0.29, 0.717) is 24.4 Å². The summed E-state index contributed by atoms with van der Waals surface area (Å²) < 4.78 is 0. The lowest BCUT2D eigenvalue weighted by atomic mass is 9.96. The van der Waals surface area contributed by atoms with Gasteiger partial charge < -0.3 is 10.0 Å². The fourth-order valence-electron chi connectivity index (χ4n) is 2.79. The number of nitrogens with zero attached hydrogens (tertiary/aromatic N) is 3. The van der Waals surface area contributed by atoms with Crippen LogP contribution in [-0.4, -0.2) is 34.1 Å². The van der Waals surface area contributed by atoms with Crippen molar-refractivity contribution in [1.29, 1.82) is 0 Å². The van der Waals surface area contributed by atoms with Crippen LogP contribution in [0.2, 0.25) is 5.02 Å². The van der Waals surface area contributed by atoms with Gasteiger partial charge in [-0.1, -0.05) is 11.6 Å². The number of hydrogen-bond donors (Lipinski definition) is 1. The summed E-state index contributed by atoms with van der Waals surface area (Å²) in [5, 5.41) is 9.64. The SMILES string of the molecule is O=C1C(Cc2cnccn2)c2cc(Cl)ccc2N1CCCO. The van der Waals surface area contributed by atoms with Gasteiger partial charge in [0.15, 0.2) is 0 Å². The number of halogens is 1. The molecule has 2 heterocycles. The number of fused-ring (bicyclic) bond motifs is 1. The van der Waals surface area contributed by atoms with Crippen LogP contribution in [0.3, 0.4) is 0 Å². The maximum Gasteiger partial charge on any atom is 0.235 e. The van der Waals surface area contributed by atoms with E-state index >= 15 is 0 Å². The first-order valence-corrected chi connectivity index (χ1v) is 7.55. The number of carbonyl (C=O) groups is 1. The number of carbonyl (C=O) groups excluding carboxylic acids is 1. The molecule has 2 aromatic rings. The molecular formula is C16H16ClN3O2. The van der Waals surface area contributed by atoms with Gasteiger partial charge in [-0.2, -0.15) is 0 Å². The molecule has 1 aromatic heterocycles. The van der Waals surface area contributed by atoms with Crippen LogP contribution in [0.4, 0.5) is 5.69 Å². The average Bonchev–Trinajstić information content (AvgIpc) is 2.78. The number of anilines is 1. The van der Waals surface area contributed by atoms with E-state index in [4.69, 9.17) is 16.7 Å². The van der Waals surface area contributed by atoms with E-state index in [9.17, 15) is 4.79 Å². The molecule has 0 saturated heterocycles. The van der Waals surface area contributed by atoms with Gasteiger partial charge in [0.1, 0.15) is 0 Å². The first-order chi connectivity index (χ1) is 10.7. The lowest BCUT2D eigenvalue weighted by Gasteiger charge is -2.17. The Kier molecular flexibility index (Phi) is 4.36. The van der Waals surface area contributed by atoms with Gasteiger partial charge in [0, 0.05) is 48.9 Å². The number of amides is 1. The zero-order valence-electron chi connectivity index (χ0n) is 11.9. The molecule has 1 N–H and O–H groups in total. The van der Waals surface area contributed by atoms with Crippen molar-refractivity contribution < 1.29 is 9.90 Å². The summed E-state index contributed by atoms with van der Waals surface area (Å²) in [5.41, 5.74) is 2.56. The van der Waals surface area contributed by atoms with Crippen molar-refractivity contribution in [3.05, 3.63) is 53.1 Å². The summed E-state index contributed by atoms with van der Waals surface area (Å²) in [6.07, 6.45) is 5.95. The van der Waals surface area contributed by atoms with Gasteiger partial charge in [-0.25, -0.2) is 0 Å². The smallest absolute Gasteiger partial charge is 0.235 e. The van der Waals surface area contributed by atoms with Crippen molar-refractivity contribution in [2.24, 2.45) is 0 Å². The van der Waals surface area contributed by atoms with Gasteiger partial charge in [-0.05, 0) is 30.2 Å². The number of benzene rings is 1. The van der Waals surface area contributed by atoms with E-state index in [0.717, 1.165) is 16.9 Å². The third-order valence-corrected chi connectivity index (χ3v) is 4.02. The second-order valence-corrected chi connectivity index (χ2v) is 5.66. The monoisotopic (exact) mass is 317 g/mol. The number of hydrogen-bond acceptors (Lipinski definition) is 4. The first-order valence-electron chi connectivity index (χ1n) is 7.17. The van der Waals surface area contributed by atoms with Crippen molar-refractivity contribution in [1.82, 2.24) is 9.97 Å². The highest BCUT2D eigenvalue weighted by molar-refractivity contribution is 6.31. The molecule has 6 heteroatoms. The summed E-state index contributed by atoms with van der Waals surface area (Å²) in [5.74, 6) is -0.277. The second-order valence-electron chi connectivity index (χ2n) is 5.22. The van der Waals surface area contributed by atoms with Crippen LogP contribution in [0.25, 0.3) is 0 Å². The van der Waals surface area contributed by atoms with Gasteiger partial charge in [0.25, 0.3) is 0 Å². The summed E-state index contributed by atoms with van der Waals surface area (Å²) in [6, 6.07) is 5.49. The Morgan fingerprint density at radius 1 is 1.32 bits per heavy atom. The molecule has 114 valence electrons. The minimum Gasteiger partial charge on any atom is -0.396 e. The fourth-order valence-corrected chi connectivity index (χ4v) is 2.97. The van der Waals surface area contributed by atoms with Crippen molar-refractivity contribution >= 4 is 23.2 Å². The Morgan fingerprint density at radius 3 is 2.91 bits per heavy atom. The second kappa shape index (κ2) is 6.42. The standard InChI is InChI=1S/C16H16ClN3O2/c17-11-2-3-15-13(8-11)14(9-12-10-18-4-5-19-12)16(22)20(15)6-1-7-21/h2-5,8,10,14,21H,1,6-7,9H2. The quantitative estimate of drug-likeness (QED) is 0.918. The Hall–Kier alpha value is -1.98. The molecule has 1 unspecified atom stereocenters. The van der Waals surface area contributed by atoms with E-state index in [-0.39, 0.29) is 18.4 Å². The van der Waals surface area contributed by atoms with Crippen molar-refractivity contribution in [2.75, 3.05) is 18.1 Å². The van der Waals surface area contributed by atoms with Gasteiger partial charge >= 0.3 is 0 Å². The Morgan fingerprint density at radius 2 is 2.18 bits per heavy atom. The molecule has 1 amide bonds. The molecule has 0 fully saturated rings. The molecular weight excluding hydrogens is 302 g/mol. The zero-order valence-corrected chi connectivity index (χ0v) is 12.7. The largest absolute Gasteiger partial charge is 0.396 e. The predicted molar refractivity (Wildman–Crippen MR) is 84.0 cm³/mol. The normalized spacial score (nSPS) is 16.9. The van der Waals surface area contributed by atoms with Crippen LogP contribution in [0.1, 0.15) is 23.6 Å². The third-order valence-electron chi connectivity index (χ3n) is 3.79. The molecule has 0 radical (unpaired) electrons. The Bertz CT molecular complexity index is 678. The molecule has 0 saturated carbocycles. The highest BCUT2D eigenvalue weighted by Crippen LogP contribution is 2.40. The predicted octanol–water partition coefficient (Wildman–Crippen LogP) is 2.19. The average molecular weight is 318 g/mol. The molecule has 1 aliphatic heterocycles. The van der Waals surface area contributed by atoms with Crippen LogP contribution < -0.4 is 4.90 Å². The minimum absolute atomic E-state index is 0.0244. The zero-order chi connectivity index (χ0) is 15.5. The van der Waals surface area contributed by atoms with Gasteiger partial charge in [0.2, 0.25) is 5.91 Å². The lowest BCUT2D eigenvalue weighted by Crippen LogP contribution is -2.31. The van der Waals surface area contributed by atoms with E-state index in [1.165, 1.54) is 0 Å². The number of aliphatic hydroxyl groups is 1. The maximum atomic E-state index is 12.7. The number of aliphatic hydroxyl groups excluding tert-OH is 1. The van der Waals surface area contributed by atoms with Crippen LogP contribution in [-0.2, 0) is 11.2 Å². The molecule has 1 aromatic carbocycles. The molecule has 1 atom stereocenters. The third kappa shape index (κ3) is 2.82. The maximum absolute atomic E-state index is 12.7. The van der Waals surface area contributed by atoms with Crippen LogP contribution >= 0.6 is 11.6 Å². The summed E-state index contributed by atoms with van der Waals surface area (Å²) in [7, 11) is 0. The van der Waals surface area contributed by atoms with Crippen molar-refractivity contribution in [3.8, 4) is 0 Å². The lowest BCUT2D eigenvalue weighted by molar-refractivity contribution is -0.119. The summed E-state index contributed by atoms with van der Waals surface area (Å²) in [6.45, 7) is 0.558. The molecule has 0 spiro atoms. The molecule has 0 bridgehead atoms. The molecule has 22 heavy (non-hydrogen) atoms. The van der Waals surface area contributed by atoms with Crippen LogP contribution in [0.15, 0.2) is 36.8 Å². The number of rotatable bonds is 5. The minimum atomic E-state index is -0.302. The Balaban J connectivity index is 1.93.